The van der Waals surface area contributed by atoms with Gasteiger partial charge in [0, 0.05) is 25.2 Å². The smallest absolute Gasteiger partial charge is 0.253 e. The van der Waals surface area contributed by atoms with Gasteiger partial charge in [0.05, 0.1) is 13.0 Å². The predicted molar refractivity (Wildman–Crippen MR) is 117 cm³/mol. The Morgan fingerprint density at radius 2 is 1.81 bits per heavy atom. The van der Waals surface area contributed by atoms with Crippen LogP contribution in [0.1, 0.15) is 28.8 Å². The van der Waals surface area contributed by atoms with Gasteiger partial charge >= 0.3 is 0 Å². The third-order valence-electron chi connectivity index (χ3n) is 5.75. The second-order valence-corrected chi connectivity index (χ2v) is 7.86. The molecule has 0 bridgehead atoms. The average molecular weight is 420 g/mol. The molecule has 1 fully saturated rings. The van der Waals surface area contributed by atoms with E-state index in [1.165, 1.54) is 24.3 Å². The fourth-order valence-corrected chi connectivity index (χ4v) is 3.99. The third-order valence-corrected chi connectivity index (χ3v) is 5.75. The number of halogens is 1. The molecule has 3 aromatic rings. The van der Waals surface area contributed by atoms with Gasteiger partial charge in [-0.05, 0) is 71.6 Å². The minimum atomic E-state index is -0.375. The van der Waals surface area contributed by atoms with Crippen molar-refractivity contribution in [3.8, 4) is 5.75 Å². The van der Waals surface area contributed by atoms with Crippen molar-refractivity contribution in [2.24, 2.45) is 5.92 Å². The van der Waals surface area contributed by atoms with Crippen LogP contribution in [0.3, 0.4) is 0 Å². The lowest BCUT2D eigenvalue weighted by molar-refractivity contribution is -0.126. The van der Waals surface area contributed by atoms with Gasteiger partial charge in [-0.2, -0.15) is 0 Å². The van der Waals surface area contributed by atoms with Crippen LogP contribution in [0.15, 0.2) is 60.7 Å². The van der Waals surface area contributed by atoms with Crippen molar-refractivity contribution >= 4 is 22.6 Å². The van der Waals surface area contributed by atoms with Crippen LogP contribution in [0.25, 0.3) is 10.8 Å². The number of nitrogens with zero attached hydrogens (tertiary/aromatic N) is 1. The first-order valence-corrected chi connectivity index (χ1v) is 10.4. The fourth-order valence-electron chi connectivity index (χ4n) is 3.99. The zero-order valence-corrected chi connectivity index (χ0v) is 17.4. The zero-order chi connectivity index (χ0) is 21.8. The highest BCUT2D eigenvalue weighted by molar-refractivity contribution is 5.94. The van der Waals surface area contributed by atoms with Crippen LogP contribution in [0.4, 0.5) is 4.39 Å². The van der Waals surface area contributed by atoms with E-state index in [-0.39, 0.29) is 23.5 Å². The number of carbonyl (C=O) groups is 2. The molecule has 160 valence electrons. The summed E-state index contributed by atoms with van der Waals surface area (Å²) in [6.45, 7) is 1.41. The monoisotopic (exact) mass is 420 g/mol. The molecule has 0 aromatic heterocycles. The molecular formula is C25H25FN2O3. The molecule has 1 saturated heterocycles. The summed E-state index contributed by atoms with van der Waals surface area (Å²) >= 11 is 0. The van der Waals surface area contributed by atoms with E-state index in [9.17, 15) is 14.0 Å². The first-order chi connectivity index (χ1) is 15.0. The topological polar surface area (TPSA) is 58.6 Å². The second-order valence-electron chi connectivity index (χ2n) is 7.86. The number of hydrogen-bond donors (Lipinski definition) is 1. The molecule has 0 aliphatic carbocycles. The van der Waals surface area contributed by atoms with E-state index >= 15 is 0 Å². The van der Waals surface area contributed by atoms with Gasteiger partial charge in [-0.3, -0.25) is 9.59 Å². The number of likely N-dealkylation sites (tertiary alicyclic amines) is 1. The van der Waals surface area contributed by atoms with Crippen molar-refractivity contribution in [2.45, 2.75) is 19.4 Å². The van der Waals surface area contributed by atoms with Gasteiger partial charge in [0.1, 0.15) is 11.6 Å². The molecule has 0 radical (unpaired) electrons. The quantitative estimate of drug-likeness (QED) is 0.674. The van der Waals surface area contributed by atoms with Crippen LogP contribution < -0.4 is 10.1 Å². The van der Waals surface area contributed by atoms with Crippen molar-refractivity contribution in [1.29, 1.82) is 0 Å². The van der Waals surface area contributed by atoms with E-state index in [2.05, 4.69) is 11.4 Å². The van der Waals surface area contributed by atoms with Crippen LogP contribution in [-0.4, -0.2) is 36.9 Å². The third kappa shape index (κ3) is 4.85. The maximum absolute atomic E-state index is 13.1. The van der Waals surface area contributed by atoms with Crippen molar-refractivity contribution < 1.29 is 18.7 Å². The molecule has 2 amide bonds. The van der Waals surface area contributed by atoms with Crippen LogP contribution in [0, 0.1) is 11.7 Å². The normalized spacial score (nSPS) is 16.2. The van der Waals surface area contributed by atoms with Gasteiger partial charge in [0.15, 0.2) is 0 Å². The van der Waals surface area contributed by atoms with Crippen molar-refractivity contribution in [3.05, 3.63) is 77.6 Å². The Labute approximate surface area is 180 Å². The van der Waals surface area contributed by atoms with E-state index < -0.39 is 0 Å². The first-order valence-electron chi connectivity index (χ1n) is 10.4. The maximum atomic E-state index is 13.1. The van der Waals surface area contributed by atoms with Crippen LogP contribution >= 0.6 is 0 Å². The summed E-state index contributed by atoms with van der Waals surface area (Å²) < 4.78 is 18.4. The molecule has 1 atom stereocenters. The number of hydrogen-bond acceptors (Lipinski definition) is 3. The van der Waals surface area contributed by atoms with Gasteiger partial charge in [0.2, 0.25) is 5.91 Å². The molecule has 1 aliphatic heterocycles. The molecule has 5 nitrogen and oxygen atoms in total. The highest BCUT2D eigenvalue weighted by atomic mass is 19.1. The Morgan fingerprint density at radius 1 is 1.06 bits per heavy atom. The highest BCUT2D eigenvalue weighted by Crippen LogP contribution is 2.23. The Bertz CT molecular complexity index is 1100. The number of ether oxygens (including phenoxy) is 1. The number of rotatable bonds is 5. The van der Waals surface area contributed by atoms with Gasteiger partial charge < -0.3 is 15.0 Å². The Morgan fingerprint density at radius 3 is 2.58 bits per heavy atom. The molecule has 1 aliphatic rings. The minimum absolute atomic E-state index is 0.0496. The highest BCUT2D eigenvalue weighted by Gasteiger charge is 2.28. The summed E-state index contributed by atoms with van der Waals surface area (Å²) in [6.07, 6.45) is 1.51. The van der Waals surface area contributed by atoms with Crippen molar-refractivity contribution in [1.82, 2.24) is 10.2 Å². The molecule has 3 aromatic carbocycles. The number of benzene rings is 3. The van der Waals surface area contributed by atoms with Gasteiger partial charge in [-0.1, -0.05) is 18.2 Å². The number of amides is 2. The van der Waals surface area contributed by atoms with Gasteiger partial charge in [-0.25, -0.2) is 4.39 Å². The van der Waals surface area contributed by atoms with E-state index in [1.54, 1.807) is 12.0 Å². The standard InChI is InChI=1S/C25H25FN2O3/c1-31-23-11-8-19-13-17(4-5-20(19)14-23)15-27-24(29)21-3-2-12-28(16-21)25(30)18-6-9-22(26)10-7-18/h4-11,13-14,21H,2-3,12,15-16H2,1H3,(H,27,29). The van der Waals surface area contributed by atoms with Gasteiger partial charge in [0.25, 0.3) is 5.91 Å². The number of piperidine rings is 1. The molecule has 31 heavy (non-hydrogen) atoms. The van der Waals surface area contributed by atoms with E-state index in [0.717, 1.165) is 34.9 Å². The van der Waals surface area contributed by atoms with E-state index in [0.29, 0.717) is 25.2 Å². The largest absolute Gasteiger partial charge is 0.497 e. The number of methoxy groups -OCH3 is 1. The summed E-state index contributed by atoms with van der Waals surface area (Å²) in [6, 6.07) is 17.5. The predicted octanol–water partition coefficient (Wildman–Crippen LogP) is 4.16. The summed E-state index contributed by atoms with van der Waals surface area (Å²) in [7, 11) is 1.64. The van der Waals surface area contributed by atoms with Crippen molar-refractivity contribution in [2.75, 3.05) is 20.2 Å². The SMILES string of the molecule is COc1ccc2cc(CNC(=O)C3CCCN(C(=O)c4ccc(F)cc4)C3)ccc2c1. The fraction of sp³-hybridized carbons (Fsp3) is 0.280. The molecule has 6 heteroatoms. The lowest BCUT2D eigenvalue weighted by atomic mass is 9.96. The summed E-state index contributed by atoms with van der Waals surface area (Å²) in [4.78, 5) is 27.1. The Hall–Kier alpha value is -3.41. The maximum Gasteiger partial charge on any atom is 0.253 e. The minimum Gasteiger partial charge on any atom is -0.497 e. The van der Waals surface area contributed by atoms with E-state index in [1.807, 2.05) is 30.3 Å². The Kier molecular flexibility index (Phi) is 6.16. The molecule has 1 heterocycles. The van der Waals surface area contributed by atoms with Crippen LogP contribution in [-0.2, 0) is 11.3 Å². The number of fused-ring (bicyclic) bond motifs is 1. The summed E-state index contributed by atoms with van der Waals surface area (Å²) in [5.74, 6) is -0.0253. The first kappa shape index (κ1) is 20.8. The number of carbonyl (C=O) groups excluding carboxylic acids is 2. The summed E-state index contributed by atoms with van der Waals surface area (Å²) in [5, 5.41) is 5.18. The number of nitrogens with one attached hydrogen (secondary N) is 1. The molecule has 0 saturated carbocycles. The molecule has 1 N–H and O–H groups in total. The Balaban J connectivity index is 1.36. The molecular weight excluding hydrogens is 395 g/mol. The zero-order valence-electron chi connectivity index (χ0n) is 17.4. The van der Waals surface area contributed by atoms with E-state index in [4.69, 9.17) is 4.74 Å². The lowest BCUT2D eigenvalue weighted by Gasteiger charge is -2.32. The molecule has 1 unspecified atom stereocenters. The summed E-state index contributed by atoms with van der Waals surface area (Å²) in [5.41, 5.74) is 1.45. The van der Waals surface area contributed by atoms with Crippen LogP contribution in [0.5, 0.6) is 5.75 Å². The van der Waals surface area contributed by atoms with Gasteiger partial charge in [-0.15, -0.1) is 0 Å². The van der Waals surface area contributed by atoms with Crippen molar-refractivity contribution in [3.63, 3.8) is 0 Å². The molecule has 0 spiro atoms. The van der Waals surface area contributed by atoms with Crippen LogP contribution in [0.2, 0.25) is 0 Å². The second kappa shape index (κ2) is 9.16. The lowest BCUT2D eigenvalue weighted by Crippen LogP contribution is -2.45. The molecule has 4 rings (SSSR count). The average Bonchev–Trinajstić information content (AvgIpc) is 2.82.